The molecule has 0 radical (unpaired) electrons. The average Bonchev–Trinajstić information content (AvgIpc) is 1.61. The van der Waals surface area contributed by atoms with Crippen LogP contribution >= 0.6 is 0 Å². The normalized spacial score (nSPS) is 5.33. The van der Waals surface area contributed by atoms with Crippen LogP contribution in [0.2, 0.25) is 0 Å². The van der Waals surface area contributed by atoms with Gasteiger partial charge in [-0.05, 0) is 5.22 Å². The van der Waals surface area contributed by atoms with Gasteiger partial charge in [-0.1, -0.05) is 0 Å². The van der Waals surface area contributed by atoms with Crippen molar-refractivity contribution in [2.75, 3.05) is 0 Å². The summed E-state index contributed by atoms with van der Waals surface area (Å²) in [6.07, 6.45) is 0.291. The summed E-state index contributed by atoms with van der Waals surface area (Å²) in [6, 6.07) is 0. The molecule has 1 amide bonds. The van der Waals surface area contributed by atoms with Gasteiger partial charge in [0.15, 0.2) is 0 Å². The van der Waals surface area contributed by atoms with E-state index in [4.69, 9.17) is 5.53 Å². The van der Waals surface area contributed by atoms with Gasteiger partial charge in [0.25, 0.3) is 6.41 Å². The van der Waals surface area contributed by atoms with Crippen LogP contribution in [0, 0.1) is 0 Å². The van der Waals surface area contributed by atoms with Gasteiger partial charge in [0.1, 0.15) is 0 Å². The molecule has 0 aliphatic carbocycles. The van der Waals surface area contributed by atoms with E-state index < -0.39 is 0 Å². The molecule has 0 aromatic carbocycles. The largest absolute Gasteiger partial charge is 0.298 e. The Morgan fingerprint density at radius 3 is 2.83 bits per heavy atom. The molecule has 0 rings (SSSR count). The maximum absolute atomic E-state index is 9.19. The Morgan fingerprint density at radius 1 is 2.00 bits per heavy atom. The Labute approximate surface area is 33.6 Å². The van der Waals surface area contributed by atoms with E-state index in [9.17, 15) is 4.79 Å². The second kappa shape index (κ2) is 3.78. The number of hydrogen-bond acceptors (Lipinski definition) is 2. The molecule has 32 valence electrons. The third kappa shape index (κ3) is 2.78. The predicted molar refractivity (Wildman–Crippen MR) is 18.3 cm³/mol. The Bertz CT molecular complexity index is 81.5. The molecule has 5 heteroatoms. The van der Waals surface area contributed by atoms with Gasteiger partial charge in [0.2, 0.25) is 0 Å². The van der Waals surface area contributed by atoms with E-state index in [1.54, 1.807) is 5.43 Å². The molecule has 0 fully saturated rings. The Kier molecular flexibility index (Phi) is 3.01. The van der Waals surface area contributed by atoms with Gasteiger partial charge in [-0.15, -0.1) is 5.53 Å². The van der Waals surface area contributed by atoms with Gasteiger partial charge >= 0.3 is 0 Å². The second-order valence-corrected chi connectivity index (χ2v) is 0.436. The predicted octanol–water partition coefficient (Wildman–Crippen LogP) is -0.0423. The summed E-state index contributed by atoms with van der Waals surface area (Å²) in [5, 5.41) is 2.65. The number of azide groups is 1. The van der Waals surface area contributed by atoms with Crippen molar-refractivity contribution in [2.24, 2.45) is 5.22 Å². The molecule has 0 heterocycles. The van der Waals surface area contributed by atoms with Crippen molar-refractivity contribution in [2.45, 2.75) is 0 Å². The molecule has 1 N–H and O–H groups in total. The van der Waals surface area contributed by atoms with Crippen molar-refractivity contribution in [3.8, 4) is 0 Å². The monoisotopic (exact) mass is 86.0 g/mol. The lowest BCUT2D eigenvalue weighted by molar-refractivity contribution is -0.109. The summed E-state index contributed by atoms with van der Waals surface area (Å²) in [7, 11) is 0. The first-order valence-electron chi connectivity index (χ1n) is 1.15. The zero-order valence-corrected chi connectivity index (χ0v) is 2.83. The summed E-state index contributed by atoms with van der Waals surface area (Å²) in [5.41, 5.74) is 9.16. The highest BCUT2D eigenvalue weighted by Gasteiger charge is 1.59. The Morgan fingerprint density at radius 2 is 2.67 bits per heavy atom. The van der Waals surface area contributed by atoms with Crippen molar-refractivity contribution in [1.82, 2.24) is 5.43 Å². The minimum absolute atomic E-state index is 0.291. The number of nitrogens with one attached hydrogen (secondary N) is 1. The number of carbonyl (C=O) groups is 1. The zero-order valence-electron chi connectivity index (χ0n) is 2.83. The zero-order chi connectivity index (χ0) is 4.83. The van der Waals surface area contributed by atoms with Crippen LogP contribution in [0.15, 0.2) is 5.22 Å². The van der Waals surface area contributed by atoms with Crippen molar-refractivity contribution >= 4 is 6.41 Å². The maximum atomic E-state index is 9.19. The van der Waals surface area contributed by atoms with Crippen LogP contribution in [0.5, 0.6) is 0 Å². The Hall–Kier alpha value is -1.22. The van der Waals surface area contributed by atoms with E-state index >= 15 is 0 Å². The highest BCUT2D eigenvalue weighted by atomic mass is 16.1. The number of carbonyl (C=O) groups excluding carboxylic acids is 1. The fraction of sp³-hybridized carbons (Fsp3) is 0. The van der Waals surface area contributed by atoms with Gasteiger partial charge < -0.3 is 0 Å². The van der Waals surface area contributed by atoms with Gasteiger partial charge in [-0.3, -0.25) is 4.79 Å². The van der Waals surface area contributed by atoms with E-state index in [1.165, 1.54) is 0 Å². The quantitative estimate of drug-likeness (QED) is 0.165. The smallest absolute Gasteiger partial charge is 0.250 e. The molecule has 0 aromatic rings. The molecule has 0 aromatic heterocycles. The van der Waals surface area contributed by atoms with Crippen LogP contribution in [0.4, 0.5) is 0 Å². The van der Waals surface area contributed by atoms with Crippen LogP contribution in [0.1, 0.15) is 0 Å². The van der Waals surface area contributed by atoms with Crippen molar-refractivity contribution in [1.29, 1.82) is 0 Å². The van der Waals surface area contributed by atoms with Crippen LogP contribution in [0.25, 0.3) is 10.4 Å². The molecule has 6 heavy (non-hydrogen) atoms. The van der Waals surface area contributed by atoms with Gasteiger partial charge in [0.05, 0.1) is 0 Å². The summed E-state index contributed by atoms with van der Waals surface area (Å²) < 4.78 is 0. The van der Waals surface area contributed by atoms with Crippen LogP contribution in [-0.2, 0) is 4.79 Å². The van der Waals surface area contributed by atoms with Crippen molar-refractivity contribution in [3.63, 3.8) is 0 Å². The molecule has 0 bridgehead atoms. The standard InChI is InChI=1S/CH2N4O/c2-4-5-3-1-6/h1H,(H,3,6). The minimum Gasteiger partial charge on any atom is -0.250 e. The lowest BCUT2D eigenvalue weighted by Gasteiger charge is -1.65. The number of rotatable bonds is 2. The molecule has 5 nitrogen and oxygen atoms in total. The Balaban J connectivity index is 3.07. The molecule has 0 saturated heterocycles. The van der Waals surface area contributed by atoms with Gasteiger partial charge in [0, 0.05) is 0 Å². The average molecular weight is 86.1 g/mol. The van der Waals surface area contributed by atoms with Crippen molar-refractivity contribution in [3.05, 3.63) is 10.4 Å². The minimum atomic E-state index is 0.291. The summed E-state index contributed by atoms with van der Waals surface area (Å²) in [4.78, 5) is 11.4. The maximum Gasteiger partial charge on any atom is 0.298 e. The summed E-state index contributed by atoms with van der Waals surface area (Å²) in [6.45, 7) is 0. The van der Waals surface area contributed by atoms with E-state index in [0.29, 0.717) is 6.41 Å². The SMILES string of the molecule is [N-]=[N+]=NNC=O. The molecule has 0 unspecified atom stereocenters. The van der Waals surface area contributed by atoms with Gasteiger partial charge in [-0.25, -0.2) is 0 Å². The van der Waals surface area contributed by atoms with E-state index in [1.807, 2.05) is 0 Å². The topological polar surface area (TPSA) is 77.9 Å². The van der Waals surface area contributed by atoms with E-state index in [0.717, 1.165) is 0 Å². The van der Waals surface area contributed by atoms with Crippen molar-refractivity contribution < 1.29 is 4.79 Å². The summed E-state index contributed by atoms with van der Waals surface area (Å²) in [5.74, 6) is 0. The third-order valence-corrected chi connectivity index (χ3v) is 0.155. The third-order valence-electron chi connectivity index (χ3n) is 0.155. The lowest BCUT2D eigenvalue weighted by Crippen LogP contribution is -1.95. The van der Waals surface area contributed by atoms with Gasteiger partial charge in [-0.2, -0.15) is 10.3 Å². The first-order chi connectivity index (χ1) is 2.91. The molecule has 0 spiro atoms. The molecule has 0 atom stereocenters. The number of nitrogens with zero attached hydrogens (tertiary/aromatic N) is 3. The van der Waals surface area contributed by atoms with Crippen LogP contribution in [-0.4, -0.2) is 6.41 Å². The van der Waals surface area contributed by atoms with E-state index in [2.05, 4.69) is 10.1 Å². The highest BCUT2D eigenvalue weighted by Crippen LogP contribution is 1.49. The second-order valence-electron chi connectivity index (χ2n) is 0.436. The number of hydrogen-bond donors (Lipinski definition) is 1. The molecular formula is CH2N4O. The first kappa shape index (κ1) is 4.78. The lowest BCUT2D eigenvalue weighted by atomic mass is 11.4. The fourth-order valence-corrected chi connectivity index (χ4v) is 0.0494. The highest BCUT2D eigenvalue weighted by molar-refractivity contribution is 5.44. The van der Waals surface area contributed by atoms with Crippen LogP contribution < -0.4 is 5.43 Å². The molecule has 0 aliphatic rings. The fourth-order valence-electron chi connectivity index (χ4n) is 0.0494. The van der Waals surface area contributed by atoms with Crippen LogP contribution in [0.3, 0.4) is 0 Å². The summed E-state index contributed by atoms with van der Waals surface area (Å²) >= 11 is 0. The molecule has 0 aliphatic heterocycles. The molecular weight excluding hydrogens is 84.0 g/mol. The molecule has 0 saturated carbocycles. The van der Waals surface area contributed by atoms with E-state index in [-0.39, 0.29) is 0 Å². The number of amides is 1. The first-order valence-corrected chi connectivity index (χ1v) is 1.15.